The second-order valence-corrected chi connectivity index (χ2v) is 6.58. The Hall–Kier alpha value is -0.0800. The van der Waals surface area contributed by atoms with Gasteiger partial charge >= 0.3 is 0 Å². The van der Waals surface area contributed by atoms with E-state index in [1.54, 1.807) is 0 Å². The summed E-state index contributed by atoms with van der Waals surface area (Å²) in [5, 5.41) is 15.9. The number of nitrogens with one attached hydrogen (secondary N) is 2. The van der Waals surface area contributed by atoms with E-state index in [1.165, 1.54) is 12.8 Å². The second kappa shape index (κ2) is 14.3. The van der Waals surface area contributed by atoms with Crippen LogP contribution in [-0.4, -0.2) is 50.0 Å². The van der Waals surface area contributed by atoms with Crippen LogP contribution in [0.1, 0.15) is 52.9 Å². The number of nitrogens with zero attached hydrogens (tertiary/aromatic N) is 1. The van der Waals surface area contributed by atoms with Gasteiger partial charge in [0.2, 0.25) is 0 Å². The Morgan fingerprint density at radius 2 is 2.13 bits per heavy atom. The van der Waals surface area contributed by atoms with E-state index in [0.29, 0.717) is 17.9 Å². The van der Waals surface area contributed by atoms with Crippen molar-refractivity contribution in [3.63, 3.8) is 0 Å². The number of aliphatic hydroxyl groups excluding tert-OH is 1. The molecule has 23 heavy (non-hydrogen) atoms. The smallest absolute Gasteiger partial charge is 0.191 e. The van der Waals surface area contributed by atoms with E-state index in [0.717, 1.165) is 51.5 Å². The Bertz CT molecular complexity index is 308. The molecule has 1 saturated heterocycles. The highest BCUT2D eigenvalue weighted by Crippen LogP contribution is 2.16. The van der Waals surface area contributed by atoms with Gasteiger partial charge in [-0.15, -0.1) is 24.0 Å². The Balaban J connectivity index is 0.00000484. The average Bonchev–Trinajstić information content (AvgIpc) is 2.97. The molecule has 3 N–H and O–H groups in total. The number of rotatable bonds is 10. The topological polar surface area (TPSA) is 65.9 Å². The van der Waals surface area contributed by atoms with Gasteiger partial charge in [-0.25, -0.2) is 0 Å². The molecule has 0 spiro atoms. The molecule has 1 aliphatic heterocycles. The van der Waals surface area contributed by atoms with Gasteiger partial charge in [0.15, 0.2) is 5.96 Å². The summed E-state index contributed by atoms with van der Waals surface area (Å²) in [5.74, 6) is 1.98. The van der Waals surface area contributed by atoms with E-state index in [1.807, 2.05) is 0 Å². The van der Waals surface area contributed by atoms with E-state index in [4.69, 9.17) is 9.73 Å². The van der Waals surface area contributed by atoms with E-state index < -0.39 is 0 Å². The molecule has 0 radical (unpaired) electrons. The van der Waals surface area contributed by atoms with Gasteiger partial charge in [0.25, 0.3) is 0 Å². The standard InChI is InChI=1S/C17H35N3O2.HI/c1-4-18-17(19-9-7-16-6-5-11-22-16)20-13-15(8-10-21)12-14(2)3;/h14-16,21H,4-13H2,1-3H3,(H2,18,19,20);1H. The summed E-state index contributed by atoms with van der Waals surface area (Å²) in [5.41, 5.74) is 0. The van der Waals surface area contributed by atoms with E-state index in [2.05, 4.69) is 31.4 Å². The molecule has 1 aliphatic rings. The molecule has 138 valence electrons. The van der Waals surface area contributed by atoms with Crippen LogP contribution in [0, 0.1) is 11.8 Å². The normalized spacial score (nSPS) is 19.5. The number of aliphatic imine (C=N–C) groups is 1. The first kappa shape index (κ1) is 22.9. The van der Waals surface area contributed by atoms with Gasteiger partial charge in [-0.3, -0.25) is 4.99 Å². The molecule has 1 heterocycles. The fourth-order valence-corrected chi connectivity index (χ4v) is 2.92. The maximum Gasteiger partial charge on any atom is 0.191 e. The lowest BCUT2D eigenvalue weighted by Crippen LogP contribution is -2.39. The lowest BCUT2D eigenvalue weighted by Gasteiger charge is -2.18. The van der Waals surface area contributed by atoms with E-state index >= 15 is 0 Å². The van der Waals surface area contributed by atoms with Crippen molar-refractivity contribution in [1.29, 1.82) is 0 Å². The van der Waals surface area contributed by atoms with Crippen LogP contribution in [0.5, 0.6) is 0 Å². The molecule has 0 saturated carbocycles. The van der Waals surface area contributed by atoms with Gasteiger partial charge in [0.05, 0.1) is 6.10 Å². The first-order chi connectivity index (χ1) is 10.7. The second-order valence-electron chi connectivity index (χ2n) is 6.58. The fraction of sp³-hybridized carbons (Fsp3) is 0.941. The van der Waals surface area contributed by atoms with Gasteiger partial charge in [-0.05, 0) is 50.9 Å². The van der Waals surface area contributed by atoms with E-state index in [-0.39, 0.29) is 30.6 Å². The Labute approximate surface area is 159 Å². The average molecular weight is 441 g/mol. The van der Waals surface area contributed by atoms with Crippen LogP contribution in [0.2, 0.25) is 0 Å². The van der Waals surface area contributed by atoms with Crippen LogP contribution in [0.25, 0.3) is 0 Å². The number of guanidine groups is 1. The molecule has 2 unspecified atom stereocenters. The van der Waals surface area contributed by atoms with Gasteiger partial charge in [-0.1, -0.05) is 13.8 Å². The summed E-state index contributed by atoms with van der Waals surface area (Å²) >= 11 is 0. The highest BCUT2D eigenvalue weighted by molar-refractivity contribution is 14.0. The van der Waals surface area contributed by atoms with Crippen LogP contribution in [0.4, 0.5) is 0 Å². The third-order valence-corrected chi connectivity index (χ3v) is 3.98. The molecule has 1 fully saturated rings. The molecule has 5 nitrogen and oxygen atoms in total. The van der Waals surface area contributed by atoms with Crippen LogP contribution in [-0.2, 0) is 4.74 Å². The summed E-state index contributed by atoms with van der Waals surface area (Å²) in [7, 11) is 0. The van der Waals surface area contributed by atoms with Crippen LogP contribution < -0.4 is 10.6 Å². The zero-order valence-electron chi connectivity index (χ0n) is 15.0. The first-order valence-electron chi connectivity index (χ1n) is 8.90. The van der Waals surface area contributed by atoms with Crippen molar-refractivity contribution in [2.75, 3.05) is 32.8 Å². The minimum Gasteiger partial charge on any atom is -0.396 e. The fourth-order valence-electron chi connectivity index (χ4n) is 2.92. The summed E-state index contributed by atoms with van der Waals surface area (Å²) in [4.78, 5) is 4.69. The summed E-state index contributed by atoms with van der Waals surface area (Å²) in [6, 6.07) is 0. The lowest BCUT2D eigenvalue weighted by molar-refractivity contribution is 0.105. The molecule has 1 rings (SSSR count). The minimum absolute atomic E-state index is 0. The van der Waals surface area contributed by atoms with Gasteiger partial charge in [-0.2, -0.15) is 0 Å². The monoisotopic (exact) mass is 441 g/mol. The maximum atomic E-state index is 9.19. The third-order valence-electron chi connectivity index (χ3n) is 3.98. The molecule has 0 aromatic rings. The molecule has 6 heteroatoms. The number of halogens is 1. The van der Waals surface area contributed by atoms with Crippen LogP contribution in [0.3, 0.4) is 0 Å². The highest BCUT2D eigenvalue weighted by atomic mass is 127. The SMILES string of the molecule is CCNC(=NCC(CCO)CC(C)C)NCCC1CCCO1.I. The molecule has 0 aromatic heterocycles. The number of hydrogen-bond acceptors (Lipinski definition) is 3. The van der Waals surface area contributed by atoms with Crippen molar-refractivity contribution >= 4 is 29.9 Å². The summed E-state index contributed by atoms with van der Waals surface area (Å²) in [6.45, 7) is 10.2. The summed E-state index contributed by atoms with van der Waals surface area (Å²) < 4.78 is 5.64. The zero-order chi connectivity index (χ0) is 16.2. The Morgan fingerprint density at radius 3 is 2.70 bits per heavy atom. The van der Waals surface area contributed by atoms with Crippen molar-refractivity contribution in [2.45, 2.75) is 59.0 Å². The molecule has 0 bridgehead atoms. The van der Waals surface area contributed by atoms with Crippen molar-refractivity contribution in [1.82, 2.24) is 10.6 Å². The predicted molar refractivity (Wildman–Crippen MR) is 108 cm³/mol. The lowest BCUT2D eigenvalue weighted by atomic mass is 9.94. The molecule has 2 atom stereocenters. The van der Waals surface area contributed by atoms with Crippen LogP contribution >= 0.6 is 24.0 Å². The Kier molecular flexibility index (Phi) is 14.2. The van der Waals surface area contributed by atoms with Crippen molar-refractivity contribution in [3.05, 3.63) is 0 Å². The summed E-state index contributed by atoms with van der Waals surface area (Å²) in [6.07, 6.45) is 5.77. The number of ether oxygens (including phenoxy) is 1. The van der Waals surface area contributed by atoms with Gasteiger partial charge in [0, 0.05) is 32.8 Å². The maximum absolute atomic E-state index is 9.19. The Morgan fingerprint density at radius 1 is 1.35 bits per heavy atom. The first-order valence-corrected chi connectivity index (χ1v) is 8.90. The minimum atomic E-state index is 0. The predicted octanol–water partition coefficient (Wildman–Crippen LogP) is 2.77. The van der Waals surface area contributed by atoms with Crippen molar-refractivity contribution < 1.29 is 9.84 Å². The molecule has 0 aromatic carbocycles. The number of aliphatic hydroxyl groups is 1. The highest BCUT2D eigenvalue weighted by Gasteiger charge is 2.15. The molecular weight excluding hydrogens is 405 g/mol. The molecule has 0 aliphatic carbocycles. The quantitative estimate of drug-likeness (QED) is 0.277. The van der Waals surface area contributed by atoms with E-state index in [9.17, 15) is 5.11 Å². The molecular formula is C17H36IN3O2. The van der Waals surface area contributed by atoms with Gasteiger partial charge < -0.3 is 20.5 Å². The largest absolute Gasteiger partial charge is 0.396 e. The molecule has 0 amide bonds. The third kappa shape index (κ3) is 11.2. The number of hydrogen-bond donors (Lipinski definition) is 3. The van der Waals surface area contributed by atoms with Crippen molar-refractivity contribution in [3.8, 4) is 0 Å². The van der Waals surface area contributed by atoms with Gasteiger partial charge in [0.1, 0.15) is 0 Å². The van der Waals surface area contributed by atoms with Crippen LogP contribution in [0.15, 0.2) is 4.99 Å². The zero-order valence-corrected chi connectivity index (χ0v) is 17.3. The van der Waals surface area contributed by atoms with Crippen molar-refractivity contribution in [2.24, 2.45) is 16.8 Å².